The average molecular weight is 1760 g/mol. The Labute approximate surface area is 670 Å². The van der Waals surface area contributed by atoms with E-state index >= 15 is 0 Å². The van der Waals surface area contributed by atoms with Crippen molar-refractivity contribution < 1.29 is 175 Å². The lowest BCUT2D eigenvalue weighted by Gasteiger charge is -2.42. The second-order valence-corrected chi connectivity index (χ2v) is 38.2. The van der Waals surface area contributed by atoms with Crippen LogP contribution in [-0.4, -0.2) is 315 Å². The van der Waals surface area contributed by atoms with Crippen LogP contribution in [0.15, 0.2) is 0 Å². The zero-order valence-corrected chi connectivity index (χ0v) is 71.6. The Bertz CT molecular complexity index is 2610. The van der Waals surface area contributed by atoms with Crippen molar-refractivity contribution in [3.63, 3.8) is 0 Å². The van der Waals surface area contributed by atoms with Crippen molar-refractivity contribution in [3.8, 4) is 0 Å². The maximum absolute atomic E-state index is 13.7. The van der Waals surface area contributed by atoms with E-state index < -0.39 is 158 Å². The van der Waals surface area contributed by atoms with Crippen LogP contribution >= 0.6 is 63.6 Å². The molecule has 2 aliphatic rings. The summed E-state index contributed by atoms with van der Waals surface area (Å²) in [6.45, 7) is -6.87. The van der Waals surface area contributed by atoms with E-state index in [1.807, 2.05) is 0 Å². The van der Waals surface area contributed by atoms with Crippen molar-refractivity contribution >= 4 is 81.4 Å². The van der Waals surface area contributed by atoms with Gasteiger partial charge in [0.25, 0.3) is 0 Å². The van der Waals surface area contributed by atoms with Gasteiger partial charge < -0.3 is 136 Å². The molecule has 0 aromatic heterocycles. The molecule has 2 heterocycles. The Morgan fingerprint density at radius 3 is 1.20 bits per heavy atom. The number of rotatable bonds is 74. The topological polar surface area (TPSA) is 542 Å². The lowest BCUT2D eigenvalue weighted by atomic mass is 9.92. The maximum Gasteiger partial charge on any atom is 0.415 e. The van der Waals surface area contributed by atoms with E-state index in [2.05, 4.69) is 20.1 Å². The smallest absolute Gasteiger partial charge is 0.394 e. The second-order valence-electron chi connectivity index (χ2n) is 26.2. The van der Waals surface area contributed by atoms with Crippen LogP contribution < -0.4 is 16.0 Å². The molecule has 17 unspecified atom stereocenters. The molecule has 2 rings (SSSR count). The summed E-state index contributed by atoms with van der Waals surface area (Å²) in [5.41, 5.74) is -0.986. The summed E-state index contributed by atoms with van der Waals surface area (Å²) < 4.78 is 165. The van der Waals surface area contributed by atoms with E-state index in [1.165, 1.54) is 49.0 Å². The number of amides is 3. The zero-order chi connectivity index (χ0) is 83.1. The molecule has 0 bridgehead atoms. The Hall–Kier alpha value is -0.820. The second kappa shape index (κ2) is 64.1. The summed E-state index contributed by atoms with van der Waals surface area (Å²) >= 11 is 1.47. The van der Waals surface area contributed by atoms with E-state index in [-0.39, 0.29) is 125 Å². The van der Waals surface area contributed by atoms with Crippen molar-refractivity contribution in [2.45, 2.75) is 236 Å². The van der Waals surface area contributed by atoms with Gasteiger partial charge in [0.15, 0.2) is 18.8 Å². The average Bonchev–Trinajstić information content (AvgIpc) is 0.812. The molecule has 664 valence electrons. The zero-order valence-electron chi connectivity index (χ0n) is 65.4. The standard InChI is InChI=1S/C65H129N3O37P4S3/c1-48(72)52(41-69)103-64(61(80)68-51(4)75)95-33-19-11-15-23-38-100-109(85,112-88-7)102-40-26-30-92-47-65(44-89-27-16-8-13-21-36-98-107(82,83)110-86-5,45-90-28-24-35-97-106(81)96-34-20-12-9-17-31-93-62-55(66-49(2)73)59(78)57(76)53(42-70)104-62)46-91-29-25-39-101-108(84,111-87-6)99-37-22-14-10-18-32-94-63-56(67-50(3)74)60(79)58(77)54(43-71)105-63/h48,52-64,69-72,76-80,106H,8-47H2,1-7H3,(H,66,73)(H,67,74)(H,68,75)(H,82,83)/t48-,52?,53?,54?,55?,56?,57?,58?,59?,60?,61+,62?,63?,64?,65?,108?,109?/m1/s1. The number of carbonyl (C=O) groups is 3. The number of hydrogen-bond donors (Lipinski definition) is 13. The van der Waals surface area contributed by atoms with Crippen molar-refractivity contribution in [3.05, 3.63) is 0 Å². The van der Waals surface area contributed by atoms with E-state index in [0.29, 0.717) is 151 Å². The molecule has 47 heteroatoms. The number of aliphatic hydroxyl groups excluding tert-OH is 9. The van der Waals surface area contributed by atoms with E-state index in [4.69, 9.17) is 87.4 Å². The monoisotopic (exact) mass is 1760 g/mol. The fourth-order valence-corrected chi connectivity index (χ4v) is 17.5. The van der Waals surface area contributed by atoms with Crippen LogP contribution in [0.4, 0.5) is 0 Å². The summed E-state index contributed by atoms with van der Waals surface area (Å²) in [7, 11) is 1.03. The van der Waals surface area contributed by atoms with Gasteiger partial charge in [-0.25, -0.2) is 13.7 Å². The van der Waals surface area contributed by atoms with Gasteiger partial charge in [0.2, 0.25) is 24.0 Å². The quantitative estimate of drug-likeness (QED) is 0.0171. The van der Waals surface area contributed by atoms with Crippen LogP contribution in [0, 0.1) is 5.41 Å². The summed E-state index contributed by atoms with van der Waals surface area (Å²) in [5.74, 6) is -1.49. The minimum absolute atomic E-state index is 0.0101. The number of carbonyl (C=O) groups excluding carboxylic acids is 3. The third kappa shape index (κ3) is 48.6. The molecule has 13 N–H and O–H groups in total. The predicted molar refractivity (Wildman–Crippen MR) is 409 cm³/mol. The summed E-state index contributed by atoms with van der Waals surface area (Å²) in [6, 6.07) is -2.12. The minimum atomic E-state index is -3.94. The van der Waals surface area contributed by atoms with Crippen molar-refractivity contribution in [2.75, 3.05) is 160 Å². The highest BCUT2D eigenvalue weighted by molar-refractivity contribution is 8.53. The molecule has 40 nitrogen and oxygen atoms in total. The first-order valence-corrected chi connectivity index (χ1v) is 47.6. The van der Waals surface area contributed by atoms with Gasteiger partial charge in [-0.1, -0.05) is 51.4 Å². The van der Waals surface area contributed by atoms with Crippen LogP contribution in [0.2, 0.25) is 0 Å². The van der Waals surface area contributed by atoms with E-state index in [1.54, 1.807) is 0 Å². The normalized spacial score (nSPS) is 23.7. The van der Waals surface area contributed by atoms with Crippen molar-refractivity contribution in [1.29, 1.82) is 0 Å². The Kier molecular flexibility index (Phi) is 61.3. The van der Waals surface area contributed by atoms with Gasteiger partial charge in [0, 0.05) is 67.0 Å². The molecule has 2 aliphatic heterocycles. The molecule has 0 radical (unpaired) electrons. The molecule has 0 spiro atoms. The first-order chi connectivity index (χ1) is 53.6. The third-order valence-corrected chi connectivity index (χ3v) is 25.4. The highest BCUT2D eigenvalue weighted by Crippen LogP contribution is 2.62. The largest absolute Gasteiger partial charge is 0.415 e. The molecule has 2 fully saturated rings. The van der Waals surface area contributed by atoms with Crippen molar-refractivity contribution in [2.24, 2.45) is 5.41 Å². The molecule has 112 heavy (non-hydrogen) atoms. The Morgan fingerprint density at radius 2 is 0.821 bits per heavy atom. The fraction of sp³-hybridized carbons (Fsp3) is 0.954. The third-order valence-electron chi connectivity index (χ3n) is 16.4. The van der Waals surface area contributed by atoms with Gasteiger partial charge in [-0.05, 0) is 77.6 Å². The SMILES string of the molecule is COSP(=O)(O)OCCCCCCOCC(COCCCO[PH](=O)OCCCCCCOC1OC(CO)C(O)C(O)C1NC(C)=O)(COCCCOP(=O)(OCCCCCCOC1OC(CO)C(O)C(O)C1NC(C)=O)SOC)COCCCOP(=O)(OCCCCCCOC(OC(CO)[C@@H](C)O)[C@H](O)NC(C)=O)SOC. The molecule has 3 amide bonds. The Morgan fingerprint density at radius 1 is 0.473 bits per heavy atom. The first kappa shape index (κ1) is 107. The van der Waals surface area contributed by atoms with Gasteiger partial charge >= 0.3 is 28.6 Å². The van der Waals surface area contributed by atoms with Crippen LogP contribution in [0.3, 0.4) is 0 Å². The van der Waals surface area contributed by atoms with E-state index in [9.17, 15) is 83.5 Å². The molecule has 0 aromatic carbocycles. The first-order valence-electron chi connectivity index (χ1n) is 37.6. The molecule has 0 aliphatic carbocycles. The molecule has 0 aromatic rings. The Balaban J connectivity index is 2.11. The van der Waals surface area contributed by atoms with Crippen LogP contribution in [0.5, 0.6) is 0 Å². The van der Waals surface area contributed by atoms with Gasteiger partial charge in [-0.3, -0.25) is 41.6 Å². The number of aliphatic hydroxyl groups is 9. The van der Waals surface area contributed by atoms with Gasteiger partial charge in [0.1, 0.15) is 89.8 Å². The molecule has 19 atom stereocenters. The molecule has 0 saturated carbocycles. The lowest BCUT2D eigenvalue weighted by Crippen LogP contribution is -2.64. The maximum atomic E-state index is 13.7. The van der Waals surface area contributed by atoms with Crippen molar-refractivity contribution in [1.82, 2.24) is 16.0 Å². The summed E-state index contributed by atoms with van der Waals surface area (Å²) in [5, 5.41) is 98.1. The lowest BCUT2D eigenvalue weighted by molar-refractivity contribution is -0.270. The van der Waals surface area contributed by atoms with Crippen LogP contribution in [-0.2, 0) is 124 Å². The number of hydrogen-bond acceptors (Lipinski definition) is 39. The fourth-order valence-electron chi connectivity index (χ4n) is 10.7. The highest BCUT2D eigenvalue weighted by Gasteiger charge is 2.47. The molecular weight excluding hydrogens is 1630 g/mol. The number of unbranched alkanes of at least 4 members (excludes halogenated alkanes) is 12. The van der Waals surface area contributed by atoms with Gasteiger partial charge in [0.05, 0.1) is 125 Å². The summed E-state index contributed by atoms with van der Waals surface area (Å²) in [6.07, 6.45) is -5.14. The molecular formula is C65H129N3O37P4S3. The number of ether oxygens (including phenoxy) is 10. The van der Waals surface area contributed by atoms with Crippen LogP contribution in [0.1, 0.15) is 150 Å². The van der Waals surface area contributed by atoms with Crippen LogP contribution in [0.25, 0.3) is 0 Å². The minimum Gasteiger partial charge on any atom is -0.394 e. The molecule has 2 saturated heterocycles. The van der Waals surface area contributed by atoms with E-state index in [0.717, 1.165) is 0 Å². The van der Waals surface area contributed by atoms with Gasteiger partial charge in [-0.2, -0.15) is 0 Å². The highest BCUT2D eigenvalue weighted by atomic mass is 32.7. The predicted octanol–water partition coefficient (Wildman–Crippen LogP) is 4.63. The number of nitrogens with one attached hydrogen (secondary N) is 3. The summed E-state index contributed by atoms with van der Waals surface area (Å²) in [4.78, 5) is 45.0. The van der Waals surface area contributed by atoms with Gasteiger partial charge in [-0.15, -0.1) is 0 Å².